The van der Waals surface area contributed by atoms with Crippen molar-refractivity contribution in [3.63, 3.8) is 0 Å². The lowest BCUT2D eigenvalue weighted by Crippen LogP contribution is -2.59. The summed E-state index contributed by atoms with van der Waals surface area (Å²) < 4.78 is 0. The van der Waals surface area contributed by atoms with Crippen molar-refractivity contribution < 1.29 is 19.2 Å². The normalized spacial score (nSPS) is 20.3. The lowest BCUT2D eigenvalue weighted by Gasteiger charge is -2.37. The van der Waals surface area contributed by atoms with Crippen molar-refractivity contribution in [2.75, 3.05) is 26.7 Å². The van der Waals surface area contributed by atoms with E-state index in [9.17, 15) is 19.2 Å². The molecule has 1 fully saturated rings. The maximum Gasteiger partial charge on any atom is 0.282 e. The molecule has 4 rings (SSSR count). The number of fused-ring (bicyclic) bond motifs is 2. The molecule has 2 aromatic rings. The van der Waals surface area contributed by atoms with Gasteiger partial charge in [-0.2, -0.15) is 0 Å². The summed E-state index contributed by atoms with van der Waals surface area (Å²) in [7, 11) is 1.58. The first kappa shape index (κ1) is 25.8. The molecule has 1 aromatic carbocycles. The van der Waals surface area contributed by atoms with Crippen LogP contribution in [0.25, 0.3) is 0 Å². The molecule has 1 aromatic heterocycles. The number of thiazole rings is 1. The highest BCUT2D eigenvalue weighted by molar-refractivity contribution is 7.15. The van der Waals surface area contributed by atoms with Gasteiger partial charge in [-0.25, -0.2) is 9.99 Å². The van der Waals surface area contributed by atoms with Crippen LogP contribution in [0.1, 0.15) is 63.0 Å². The van der Waals surface area contributed by atoms with Crippen molar-refractivity contribution in [1.82, 2.24) is 25.2 Å². The van der Waals surface area contributed by atoms with Crippen LogP contribution < -0.4 is 11.1 Å². The van der Waals surface area contributed by atoms with Crippen LogP contribution in [0.2, 0.25) is 0 Å². The molecule has 2 atom stereocenters. The average Bonchev–Trinajstić information content (AvgIpc) is 3.46. The number of hydrazine groups is 1. The largest absolute Gasteiger partial charge is 0.365 e. The molecule has 0 aliphatic carbocycles. The van der Waals surface area contributed by atoms with Crippen molar-refractivity contribution in [3.05, 3.63) is 51.0 Å². The first-order valence-electron chi connectivity index (χ1n) is 12.1. The Morgan fingerprint density at radius 3 is 2.67 bits per heavy atom. The minimum atomic E-state index is -1.19. The molecule has 3 heterocycles. The molecular formula is C25H32N6O4S. The van der Waals surface area contributed by atoms with Gasteiger partial charge in [0.15, 0.2) is 5.01 Å². The first-order valence-corrected chi connectivity index (χ1v) is 12.9. The monoisotopic (exact) mass is 512 g/mol. The molecule has 1 saturated heterocycles. The smallest absolute Gasteiger partial charge is 0.282 e. The average molecular weight is 513 g/mol. The van der Waals surface area contributed by atoms with Crippen LogP contribution in [-0.4, -0.2) is 70.2 Å². The number of hydrogen-bond acceptors (Lipinski definition) is 7. The lowest BCUT2D eigenvalue weighted by atomic mass is 9.82. The zero-order chi connectivity index (χ0) is 26.2. The maximum absolute atomic E-state index is 13.9. The SMILES string of the molecule is CC[C@@]1(NC(=O)[C@H](C)CN(C)C(=O)c2nc(C)c(C(N)=O)s2)C(=O)N2CCCN2Cc2ccccc21. The fourth-order valence-corrected chi connectivity index (χ4v) is 5.92. The molecule has 2 aliphatic rings. The van der Waals surface area contributed by atoms with Crippen molar-refractivity contribution in [2.24, 2.45) is 11.7 Å². The van der Waals surface area contributed by atoms with E-state index >= 15 is 0 Å². The zero-order valence-corrected chi connectivity index (χ0v) is 21.9. The Kier molecular flexibility index (Phi) is 7.14. The summed E-state index contributed by atoms with van der Waals surface area (Å²) in [5.41, 5.74) is 6.39. The van der Waals surface area contributed by atoms with Crippen molar-refractivity contribution in [1.29, 1.82) is 0 Å². The number of aromatic nitrogens is 1. The van der Waals surface area contributed by atoms with Crippen LogP contribution in [0.5, 0.6) is 0 Å². The Labute approximate surface area is 214 Å². The first-order chi connectivity index (χ1) is 17.1. The second kappa shape index (κ2) is 9.98. The molecule has 4 amide bonds. The van der Waals surface area contributed by atoms with Gasteiger partial charge < -0.3 is 16.0 Å². The van der Waals surface area contributed by atoms with Crippen LogP contribution in [0.3, 0.4) is 0 Å². The molecule has 0 bridgehead atoms. The third kappa shape index (κ3) is 4.48. The van der Waals surface area contributed by atoms with E-state index in [0.29, 0.717) is 25.2 Å². The van der Waals surface area contributed by atoms with Gasteiger partial charge in [0, 0.05) is 33.2 Å². The summed E-state index contributed by atoms with van der Waals surface area (Å²) in [5, 5.41) is 7.05. The molecule has 0 spiro atoms. The number of primary amides is 1. The Hall–Kier alpha value is -3.31. The number of benzene rings is 1. The van der Waals surface area contributed by atoms with E-state index < -0.39 is 23.3 Å². The van der Waals surface area contributed by atoms with Crippen LogP contribution in [0.4, 0.5) is 0 Å². The van der Waals surface area contributed by atoms with Crippen molar-refractivity contribution in [3.8, 4) is 0 Å². The highest BCUT2D eigenvalue weighted by Crippen LogP contribution is 2.36. The van der Waals surface area contributed by atoms with E-state index in [1.807, 2.05) is 31.2 Å². The van der Waals surface area contributed by atoms with Gasteiger partial charge in [0.25, 0.3) is 17.7 Å². The fraction of sp³-hybridized carbons (Fsp3) is 0.480. The predicted molar refractivity (Wildman–Crippen MR) is 135 cm³/mol. The van der Waals surface area contributed by atoms with E-state index in [0.717, 1.165) is 35.4 Å². The van der Waals surface area contributed by atoms with Gasteiger partial charge in [0.1, 0.15) is 10.4 Å². The predicted octanol–water partition coefficient (Wildman–Crippen LogP) is 1.64. The number of hydrogen-bond donors (Lipinski definition) is 2. The second-order valence-electron chi connectivity index (χ2n) is 9.46. The molecule has 0 radical (unpaired) electrons. The Morgan fingerprint density at radius 1 is 1.28 bits per heavy atom. The van der Waals surface area contributed by atoms with Gasteiger partial charge >= 0.3 is 0 Å². The number of nitrogens with zero attached hydrogens (tertiary/aromatic N) is 4. The topological polar surface area (TPSA) is 129 Å². The third-order valence-electron chi connectivity index (χ3n) is 6.97. The number of rotatable bonds is 7. The molecule has 192 valence electrons. The number of aryl methyl sites for hydroxylation is 1. The summed E-state index contributed by atoms with van der Waals surface area (Å²) in [5.74, 6) is -2.08. The highest BCUT2D eigenvalue weighted by atomic mass is 32.1. The third-order valence-corrected chi connectivity index (χ3v) is 8.13. The minimum absolute atomic E-state index is 0.112. The standard InChI is InChI=1S/C25H32N6O4S/c1-5-25(18-10-7-6-9-17(18)14-30-11-8-12-31(30)24(25)35)28-21(33)15(2)13-29(4)23(34)22-27-16(3)19(36-22)20(26)32/h6-7,9-10,15H,5,8,11-14H2,1-4H3,(H2,26,32)(H,28,33)/t15-,25+/m1/s1. The number of nitrogens with one attached hydrogen (secondary N) is 1. The number of carbonyl (C=O) groups is 4. The van der Waals surface area contributed by atoms with Gasteiger partial charge in [-0.15, -0.1) is 11.3 Å². The Bertz CT molecular complexity index is 1210. The summed E-state index contributed by atoms with van der Waals surface area (Å²) in [4.78, 5) is 57.6. The van der Waals surface area contributed by atoms with Crippen LogP contribution in [-0.2, 0) is 21.7 Å². The van der Waals surface area contributed by atoms with Gasteiger partial charge in [-0.1, -0.05) is 38.1 Å². The minimum Gasteiger partial charge on any atom is -0.365 e. The Morgan fingerprint density at radius 2 is 2.00 bits per heavy atom. The number of carbonyl (C=O) groups excluding carboxylic acids is 4. The fourth-order valence-electron chi connectivity index (χ4n) is 5.01. The van der Waals surface area contributed by atoms with Gasteiger partial charge in [0.05, 0.1) is 11.6 Å². The van der Waals surface area contributed by atoms with E-state index in [4.69, 9.17) is 5.73 Å². The molecule has 0 unspecified atom stereocenters. The van der Waals surface area contributed by atoms with E-state index in [2.05, 4.69) is 15.3 Å². The van der Waals surface area contributed by atoms with E-state index in [1.165, 1.54) is 4.90 Å². The Balaban J connectivity index is 1.54. The molecule has 3 N–H and O–H groups in total. The van der Waals surface area contributed by atoms with E-state index in [1.54, 1.807) is 25.9 Å². The van der Waals surface area contributed by atoms with Gasteiger partial charge in [-0.3, -0.25) is 24.2 Å². The maximum atomic E-state index is 13.9. The van der Waals surface area contributed by atoms with E-state index in [-0.39, 0.29) is 28.2 Å². The highest BCUT2D eigenvalue weighted by Gasteiger charge is 2.49. The molecule has 0 saturated carbocycles. The van der Waals surface area contributed by atoms with Crippen LogP contribution in [0, 0.1) is 12.8 Å². The van der Waals surface area contributed by atoms with Gasteiger partial charge in [0.2, 0.25) is 5.91 Å². The van der Waals surface area contributed by atoms with Crippen LogP contribution in [0.15, 0.2) is 24.3 Å². The van der Waals surface area contributed by atoms with Gasteiger partial charge in [-0.05, 0) is 30.9 Å². The van der Waals surface area contributed by atoms with Crippen molar-refractivity contribution >= 4 is 35.0 Å². The molecule has 11 heteroatoms. The van der Waals surface area contributed by atoms with Crippen LogP contribution >= 0.6 is 11.3 Å². The summed E-state index contributed by atoms with van der Waals surface area (Å²) in [6.07, 6.45) is 1.29. The summed E-state index contributed by atoms with van der Waals surface area (Å²) >= 11 is 0.942. The summed E-state index contributed by atoms with van der Waals surface area (Å²) in [6, 6.07) is 7.76. The molecule has 36 heavy (non-hydrogen) atoms. The quantitative estimate of drug-likeness (QED) is 0.580. The summed E-state index contributed by atoms with van der Waals surface area (Å²) in [6.45, 7) is 7.40. The molecule has 2 aliphatic heterocycles. The zero-order valence-electron chi connectivity index (χ0n) is 21.0. The molecule has 10 nitrogen and oxygen atoms in total. The number of nitrogens with two attached hydrogens (primary N) is 1. The number of amides is 4. The van der Waals surface area contributed by atoms with Crippen molar-refractivity contribution in [2.45, 2.75) is 45.7 Å². The second-order valence-corrected chi connectivity index (χ2v) is 10.5. The lowest BCUT2D eigenvalue weighted by molar-refractivity contribution is -0.154. The molecular weight excluding hydrogens is 480 g/mol.